The lowest BCUT2D eigenvalue weighted by molar-refractivity contribution is -0.362. The van der Waals surface area contributed by atoms with Crippen molar-refractivity contribution >= 4 is 120 Å². The van der Waals surface area contributed by atoms with E-state index in [1.165, 1.54) is 6.08 Å². The molecule has 538 valence electrons. The fourth-order valence-corrected chi connectivity index (χ4v) is 12.1. The van der Waals surface area contributed by atoms with Crippen LogP contribution in [0.3, 0.4) is 0 Å². The summed E-state index contributed by atoms with van der Waals surface area (Å²) in [6.45, 7) is -2.21. The van der Waals surface area contributed by atoms with Crippen LogP contribution in [0.15, 0.2) is 84.6 Å². The van der Waals surface area contributed by atoms with Crippen molar-refractivity contribution in [1.29, 1.82) is 0 Å². The summed E-state index contributed by atoms with van der Waals surface area (Å²) in [5.74, 6) is -15.8. The Kier molecular flexibility index (Phi) is 28.6. The van der Waals surface area contributed by atoms with Gasteiger partial charge < -0.3 is 96.7 Å². The molecule has 0 radical (unpaired) electrons. The van der Waals surface area contributed by atoms with Crippen LogP contribution < -0.4 is 53.6 Å². The van der Waals surface area contributed by atoms with Crippen LogP contribution in [0, 0.1) is 13.8 Å². The molecule has 0 bridgehead atoms. The number of nitrogens with one attached hydrogen (secondary N) is 9. The standard InChI is InChI=1S/C63H78BF2N13O20S/c1-34-26-35(2)78-47(34)29-39-16-15-38(79(39)64(78,65)66)17-20-49(80)69-24-25-77-52(83)31-48(59(77)92)100-33-46(62(97)98)74-58(91)45(30-54(86)87)72-55(88)40(67)32-70-56(89)43(27-36-10-5-3-6-11-36)73-57(90)44(28-37-12-7-4-8-13-37)71-51(82)14-9-23-68-50(81)21-18-41(60(93)94)75-63(99)76-42(61(95)96)19-22-53(84)85/h3-8,10-13,15-16,26,29,40-46,48H,9,14,17-25,27-28,30-33,67H2,1-2H3,(H,68,81)(H,69,80)(H,70,89)(H,71,82)(H,72,88)(H,73,90)(H,74,91)(H,84,85)(H,86,87)(H,93,94)(H,95,96)(H,97,98)(H2,75,76,99)/t40-,41-,42-,43-,44-,45-,46-,48?/m0/s1. The predicted octanol–water partition coefficient (Wildman–Crippen LogP) is -1.36. The number of carbonyl (C=O) groups excluding carboxylic acids is 10. The van der Waals surface area contributed by atoms with E-state index in [1.54, 1.807) is 92.7 Å². The number of aliphatic carboxylic acids is 5. The maximum absolute atomic E-state index is 15.8. The summed E-state index contributed by atoms with van der Waals surface area (Å²) in [6.07, 6.45) is 0.466. The van der Waals surface area contributed by atoms with E-state index in [2.05, 4.69) is 37.2 Å². The first kappa shape index (κ1) is 78.2. The number of likely N-dealkylation sites (tertiary alicyclic amines) is 1. The second kappa shape index (κ2) is 36.7. The molecule has 3 aromatic rings. The number of imide groups is 1. The highest BCUT2D eigenvalue weighted by Crippen LogP contribution is 2.35. The molecule has 16 N–H and O–H groups in total. The molecule has 11 amide bonds. The topological polar surface area (TPSA) is 503 Å². The summed E-state index contributed by atoms with van der Waals surface area (Å²) in [6, 6.07) is 5.59. The van der Waals surface area contributed by atoms with Crippen molar-refractivity contribution in [2.75, 3.05) is 31.9 Å². The number of aromatic nitrogens is 1. The molecule has 37 heteroatoms. The van der Waals surface area contributed by atoms with Crippen LogP contribution in [0.5, 0.6) is 0 Å². The van der Waals surface area contributed by atoms with E-state index in [4.69, 9.17) is 10.8 Å². The van der Waals surface area contributed by atoms with E-state index < -0.39 is 188 Å². The van der Waals surface area contributed by atoms with E-state index in [-0.39, 0.29) is 76.0 Å². The number of hydrogen-bond acceptors (Lipinski definition) is 17. The lowest BCUT2D eigenvalue weighted by atomic mass is 9.90. The van der Waals surface area contributed by atoms with Gasteiger partial charge in [0.15, 0.2) is 5.70 Å². The number of aryl methyl sites for hydroxylation is 2. The molecule has 0 aliphatic carbocycles. The van der Waals surface area contributed by atoms with Crippen molar-refractivity contribution < 1.29 is 111 Å². The number of carboxylic acid groups (broad SMARTS) is 5. The molecular formula is C63H78BF2N13O20S. The molecule has 2 aromatic carbocycles. The number of carbonyl (C=O) groups is 15. The number of allylic oxidation sites excluding steroid dienone is 2. The molecule has 3 aliphatic heterocycles. The van der Waals surface area contributed by atoms with Gasteiger partial charge in [-0.15, -0.1) is 11.8 Å². The third-order valence-corrected chi connectivity index (χ3v) is 17.4. The Balaban J connectivity index is 0.974. The average molecular weight is 1420 g/mol. The smallest absolute Gasteiger partial charge is 0.481 e. The molecule has 3 aliphatic rings. The number of carboxylic acids is 5. The van der Waals surface area contributed by atoms with Gasteiger partial charge in [-0.05, 0) is 61.6 Å². The Labute approximate surface area is 574 Å². The van der Waals surface area contributed by atoms with Crippen LogP contribution in [0.4, 0.5) is 13.4 Å². The van der Waals surface area contributed by atoms with Gasteiger partial charge in [-0.25, -0.2) is 19.2 Å². The zero-order valence-corrected chi connectivity index (χ0v) is 55.1. The molecule has 33 nitrogen and oxygen atoms in total. The Morgan fingerprint density at radius 3 is 1.76 bits per heavy atom. The van der Waals surface area contributed by atoms with Gasteiger partial charge in [0.05, 0.1) is 11.7 Å². The van der Waals surface area contributed by atoms with E-state index in [0.717, 1.165) is 13.9 Å². The van der Waals surface area contributed by atoms with Crippen LogP contribution >= 0.6 is 11.8 Å². The lowest BCUT2D eigenvalue weighted by Crippen LogP contribution is -2.58. The molecule has 1 aromatic heterocycles. The highest BCUT2D eigenvalue weighted by atomic mass is 32.2. The largest absolute Gasteiger partial charge is 0.737 e. The van der Waals surface area contributed by atoms with Gasteiger partial charge in [-0.3, -0.25) is 57.6 Å². The number of fused-ring (bicyclic) bond motifs is 2. The number of urea groups is 1. The van der Waals surface area contributed by atoms with E-state index in [9.17, 15) is 92.3 Å². The number of halogens is 2. The van der Waals surface area contributed by atoms with Gasteiger partial charge >= 0.3 is 42.8 Å². The van der Waals surface area contributed by atoms with Gasteiger partial charge in [0, 0.05) is 107 Å². The molecule has 0 saturated carbocycles. The Morgan fingerprint density at radius 2 is 1.17 bits per heavy atom. The minimum absolute atomic E-state index is 0.000335. The zero-order valence-electron chi connectivity index (χ0n) is 54.2. The van der Waals surface area contributed by atoms with E-state index in [1.807, 2.05) is 10.6 Å². The molecule has 1 fully saturated rings. The third kappa shape index (κ3) is 22.9. The third-order valence-electron chi connectivity index (χ3n) is 16.1. The summed E-state index contributed by atoms with van der Waals surface area (Å²) >= 11 is 0.687. The first-order valence-electron chi connectivity index (χ1n) is 31.6. The summed E-state index contributed by atoms with van der Waals surface area (Å²) in [4.78, 5) is 192. The summed E-state index contributed by atoms with van der Waals surface area (Å²) in [5.41, 5.74) is 9.24. The second-order valence-corrected chi connectivity index (χ2v) is 24.9. The number of benzene rings is 2. The number of hydrogen-bond donors (Lipinski definition) is 15. The zero-order chi connectivity index (χ0) is 73.5. The molecule has 1 saturated heterocycles. The molecule has 0 spiro atoms. The minimum Gasteiger partial charge on any atom is -0.481 e. The van der Waals surface area contributed by atoms with Crippen molar-refractivity contribution in [2.45, 2.75) is 138 Å². The number of thioether (sulfide) groups is 1. The lowest BCUT2D eigenvalue weighted by Gasteiger charge is -2.30. The van der Waals surface area contributed by atoms with Crippen LogP contribution in [0.2, 0.25) is 0 Å². The molecule has 1 unspecified atom stereocenters. The van der Waals surface area contributed by atoms with Gasteiger partial charge in [0.25, 0.3) is 0 Å². The van der Waals surface area contributed by atoms with E-state index >= 15 is 8.63 Å². The van der Waals surface area contributed by atoms with Gasteiger partial charge in [-0.2, -0.15) is 0 Å². The van der Waals surface area contributed by atoms with Crippen molar-refractivity contribution in [3.63, 3.8) is 0 Å². The van der Waals surface area contributed by atoms with Gasteiger partial charge in [-0.1, -0.05) is 60.7 Å². The maximum Gasteiger partial charge on any atom is 0.737 e. The van der Waals surface area contributed by atoms with Crippen LogP contribution in [-0.2, 0) is 80.0 Å². The van der Waals surface area contributed by atoms with Gasteiger partial charge in [0.2, 0.25) is 53.2 Å². The summed E-state index contributed by atoms with van der Waals surface area (Å²) in [7, 11) is 0. The normalized spacial score (nSPS) is 16.3. The number of nitrogens with two attached hydrogens (primary N) is 1. The molecule has 8 atom stereocenters. The van der Waals surface area contributed by atoms with Crippen molar-refractivity contribution in [3.05, 3.63) is 113 Å². The van der Waals surface area contributed by atoms with Crippen LogP contribution in [0.25, 0.3) is 6.08 Å². The highest BCUT2D eigenvalue weighted by molar-refractivity contribution is 8.00. The predicted molar refractivity (Wildman–Crippen MR) is 351 cm³/mol. The summed E-state index contributed by atoms with van der Waals surface area (Å²) < 4.78 is 33.6. The Morgan fingerprint density at radius 1 is 0.620 bits per heavy atom. The quantitative estimate of drug-likeness (QED) is 0.0178. The first-order chi connectivity index (χ1) is 47.3. The SMILES string of the molecule is Cc1cc(C)n2c1C=C1C=CC(CCC(=O)NCCN3C(=O)CC(SC[C@H](NC(=O)[C@H](CC(=O)O)NC(=O)[C@@H](N)CNC(=O)[C@H](Cc4ccccc4)NC(=O)[C@H](Cc4ccccc4)NC(=O)CCCNC(=O)CC[C@H](NC(=O)N[C@@H](CCC(=O)O)C(=O)O)C(=O)O)C(=O)O)C3=O)=[N+]1[B-]2(F)F. The molecule has 4 heterocycles. The number of nitrogens with zero attached hydrogens (tertiary/aromatic N) is 3. The van der Waals surface area contributed by atoms with Crippen molar-refractivity contribution in [1.82, 2.24) is 57.2 Å². The van der Waals surface area contributed by atoms with E-state index in [0.29, 0.717) is 39.8 Å². The monoisotopic (exact) mass is 1420 g/mol. The minimum atomic E-state index is -4.25. The molecular weight excluding hydrogens is 1340 g/mol. The average Bonchev–Trinajstić information content (AvgIpc) is 1.56. The first-order valence-corrected chi connectivity index (χ1v) is 32.6. The molecule has 6 rings (SSSR count). The van der Waals surface area contributed by atoms with Crippen molar-refractivity contribution in [3.8, 4) is 0 Å². The van der Waals surface area contributed by atoms with Gasteiger partial charge in [0.1, 0.15) is 48.0 Å². The summed E-state index contributed by atoms with van der Waals surface area (Å²) in [5, 5.41) is 67.4. The number of amides is 11. The highest BCUT2D eigenvalue weighted by Gasteiger charge is 2.52. The van der Waals surface area contributed by atoms with Crippen LogP contribution in [-0.4, -0.2) is 221 Å². The second-order valence-electron chi connectivity index (χ2n) is 23.6. The Bertz CT molecular complexity index is 3730. The maximum atomic E-state index is 15.8. The Hall–Kier alpha value is -10.8. The van der Waals surface area contributed by atoms with Crippen LogP contribution in [0.1, 0.15) is 92.3 Å². The number of rotatable bonds is 40. The fraction of sp³-hybridized carbons (Fsp3) is 0.429. The fourth-order valence-electron chi connectivity index (χ4n) is 10.9. The molecule has 100 heavy (non-hydrogen) atoms. The van der Waals surface area contributed by atoms with Crippen molar-refractivity contribution in [2.24, 2.45) is 5.73 Å².